The number of anilines is 1. The minimum Gasteiger partial charge on any atom is -0.493 e. The Morgan fingerprint density at radius 2 is 1.71 bits per heavy atom. The van der Waals surface area contributed by atoms with Crippen LogP contribution >= 0.6 is 15.9 Å². The lowest BCUT2D eigenvalue weighted by atomic mass is 9.91. The Morgan fingerprint density at radius 3 is 2.38 bits per heavy atom. The van der Waals surface area contributed by atoms with E-state index in [1.807, 2.05) is 11.1 Å². The molecule has 5 rings (SSSR count). The number of piperazine rings is 1. The van der Waals surface area contributed by atoms with Crippen LogP contribution in [-0.4, -0.2) is 85.2 Å². The molecule has 0 N–H and O–H groups in total. The number of amides is 1. The molecule has 0 atom stereocenters. The number of hydrogen-bond donors (Lipinski definition) is 0. The molecule has 2 fully saturated rings. The van der Waals surface area contributed by atoms with Gasteiger partial charge in [-0.3, -0.25) is 9.69 Å². The Morgan fingerprint density at radius 1 is 1.00 bits per heavy atom. The number of methoxy groups -OCH3 is 2. The van der Waals surface area contributed by atoms with Crippen LogP contribution in [0.25, 0.3) is 0 Å². The molecular weight excluding hydrogens is 498 g/mol. The summed E-state index contributed by atoms with van der Waals surface area (Å²) in [6.07, 6.45) is 7.53. The maximum atomic E-state index is 13.4. The fourth-order valence-electron chi connectivity index (χ4n) is 5.05. The summed E-state index contributed by atoms with van der Waals surface area (Å²) in [6, 6.07) is 4.32. The van der Waals surface area contributed by atoms with Crippen LogP contribution in [0, 0.1) is 0 Å². The van der Waals surface area contributed by atoms with Crippen LogP contribution < -0.4 is 14.4 Å². The number of hydrogen-bond acceptors (Lipinski definition) is 7. The van der Waals surface area contributed by atoms with E-state index in [0.717, 1.165) is 62.3 Å². The molecule has 1 saturated carbocycles. The summed E-state index contributed by atoms with van der Waals surface area (Å²) in [5.74, 6) is 1.93. The molecule has 1 amide bonds. The van der Waals surface area contributed by atoms with E-state index in [1.165, 1.54) is 19.3 Å². The molecule has 2 aromatic rings. The Balaban J connectivity index is 1.26. The normalized spacial score (nSPS) is 19.3. The van der Waals surface area contributed by atoms with Crippen molar-refractivity contribution in [2.24, 2.45) is 0 Å². The molecule has 9 heteroatoms. The molecule has 8 nitrogen and oxygen atoms in total. The van der Waals surface area contributed by atoms with Gasteiger partial charge in [0.2, 0.25) is 5.95 Å². The topological polar surface area (TPSA) is 71.0 Å². The zero-order valence-electron chi connectivity index (χ0n) is 19.9. The van der Waals surface area contributed by atoms with Gasteiger partial charge in [0.05, 0.1) is 25.5 Å². The van der Waals surface area contributed by atoms with Crippen molar-refractivity contribution in [1.29, 1.82) is 0 Å². The third-order valence-electron chi connectivity index (χ3n) is 7.39. The lowest BCUT2D eigenvalue weighted by Crippen LogP contribution is -2.52. The summed E-state index contributed by atoms with van der Waals surface area (Å²) in [4.78, 5) is 29.8. The maximum absolute atomic E-state index is 13.4. The summed E-state index contributed by atoms with van der Waals surface area (Å²) in [5, 5.41) is 0. The predicted octanol–water partition coefficient (Wildman–Crippen LogP) is 3.17. The average molecular weight is 530 g/mol. The van der Waals surface area contributed by atoms with Crippen LogP contribution in [0.5, 0.6) is 11.5 Å². The fourth-order valence-corrected chi connectivity index (χ4v) is 5.54. The second-order valence-corrected chi connectivity index (χ2v) is 10.1. The largest absolute Gasteiger partial charge is 0.493 e. The van der Waals surface area contributed by atoms with E-state index < -0.39 is 0 Å². The standard InChI is InChI=1S/C25H32BrN5O3/c1-33-22-14-19(20(26)15-23(22)34-2)24(32)30-8-6-17-16-27-25(28-21(17)7-9-30)31-12-10-29(11-13-31)18-4-3-5-18/h14-16,18H,3-13H2,1-2H3. The number of rotatable bonds is 5. The zero-order chi connectivity index (χ0) is 23.7. The molecule has 34 heavy (non-hydrogen) atoms. The van der Waals surface area contributed by atoms with Crippen molar-refractivity contribution in [1.82, 2.24) is 19.8 Å². The number of halogens is 1. The van der Waals surface area contributed by atoms with E-state index >= 15 is 0 Å². The molecule has 0 unspecified atom stereocenters. The summed E-state index contributed by atoms with van der Waals surface area (Å²) in [6.45, 7) is 5.40. The van der Waals surface area contributed by atoms with Gasteiger partial charge in [-0.2, -0.15) is 0 Å². The maximum Gasteiger partial charge on any atom is 0.255 e. The van der Waals surface area contributed by atoms with Gasteiger partial charge in [0, 0.05) is 62.4 Å². The molecule has 1 aromatic carbocycles. The Kier molecular flexibility index (Phi) is 6.92. The Hall–Kier alpha value is -2.39. The van der Waals surface area contributed by atoms with Crippen molar-refractivity contribution in [2.45, 2.75) is 38.1 Å². The minimum absolute atomic E-state index is 0.0269. The summed E-state index contributed by atoms with van der Waals surface area (Å²) >= 11 is 3.53. The molecule has 0 bridgehead atoms. The minimum atomic E-state index is -0.0269. The smallest absolute Gasteiger partial charge is 0.255 e. The number of carbonyl (C=O) groups is 1. The Bertz CT molecular complexity index is 1050. The molecule has 2 aliphatic heterocycles. The first-order chi connectivity index (χ1) is 16.6. The van der Waals surface area contributed by atoms with Gasteiger partial charge in [-0.15, -0.1) is 0 Å². The van der Waals surface area contributed by atoms with E-state index in [1.54, 1.807) is 26.4 Å². The first kappa shape index (κ1) is 23.4. The van der Waals surface area contributed by atoms with Gasteiger partial charge in [-0.25, -0.2) is 9.97 Å². The van der Waals surface area contributed by atoms with Gasteiger partial charge in [0.15, 0.2) is 11.5 Å². The van der Waals surface area contributed by atoms with Crippen molar-refractivity contribution in [3.63, 3.8) is 0 Å². The number of nitrogens with zero attached hydrogens (tertiary/aromatic N) is 5. The van der Waals surface area contributed by atoms with Crippen LogP contribution in [0.2, 0.25) is 0 Å². The van der Waals surface area contributed by atoms with Crippen LogP contribution in [0.15, 0.2) is 22.8 Å². The number of carbonyl (C=O) groups excluding carboxylic acids is 1. The van der Waals surface area contributed by atoms with Gasteiger partial charge >= 0.3 is 0 Å². The van der Waals surface area contributed by atoms with E-state index in [4.69, 9.17) is 19.4 Å². The van der Waals surface area contributed by atoms with Crippen molar-refractivity contribution < 1.29 is 14.3 Å². The van der Waals surface area contributed by atoms with E-state index in [9.17, 15) is 4.79 Å². The van der Waals surface area contributed by atoms with E-state index in [2.05, 4.69) is 25.7 Å². The van der Waals surface area contributed by atoms with Crippen LogP contribution in [0.3, 0.4) is 0 Å². The van der Waals surface area contributed by atoms with Crippen LogP contribution in [0.4, 0.5) is 5.95 Å². The third kappa shape index (κ3) is 4.60. The van der Waals surface area contributed by atoms with Crippen LogP contribution in [0.1, 0.15) is 40.9 Å². The molecule has 1 saturated heterocycles. The highest BCUT2D eigenvalue weighted by atomic mass is 79.9. The molecule has 1 aliphatic carbocycles. The van der Waals surface area contributed by atoms with E-state index in [-0.39, 0.29) is 5.91 Å². The second kappa shape index (κ2) is 10.1. The van der Waals surface area contributed by atoms with Gasteiger partial charge < -0.3 is 19.3 Å². The van der Waals surface area contributed by atoms with Crippen molar-refractivity contribution in [3.8, 4) is 11.5 Å². The van der Waals surface area contributed by atoms with Gasteiger partial charge in [0.1, 0.15) is 0 Å². The number of fused-ring (bicyclic) bond motifs is 1. The third-order valence-corrected chi connectivity index (χ3v) is 8.05. The van der Waals surface area contributed by atoms with Crippen LogP contribution in [-0.2, 0) is 12.8 Å². The molecule has 0 spiro atoms. The Labute approximate surface area is 209 Å². The average Bonchev–Trinajstić information content (AvgIpc) is 3.05. The van der Waals surface area contributed by atoms with Gasteiger partial charge in [0.25, 0.3) is 5.91 Å². The quantitative estimate of drug-likeness (QED) is 0.588. The number of ether oxygens (including phenoxy) is 2. The fraction of sp³-hybridized carbons (Fsp3) is 0.560. The SMILES string of the molecule is COc1cc(Br)c(C(=O)N2CCc3cnc(N4CCN(C5CCC5)CC4)nc3CC2)cc1OC. The highest BCUT2D eigenvalue weighted by Gasteiger charge is 2.29. The molecule has 1 aromatic heterocycles. The number of aromatic nitrogens is 2. The molecule has 0 radical (unpaired) electrons. The first-order valence-electron chi connectivity index (χ1n) is 12.1. The highest BCUT2D eigenvalue weighted by molar-refractivity contribution is 9.10. The molecule has 3 aliphatic rings. The van der Waals surface area contributed by atoms with Crippen molar-refractivity contribution >= 4 is 27.8 Å². The monoisotopic (exact) mass is 529 g/mol. The molecule has 182 valence electrons. The molecular formula is C25H32BrN5O3. The second-order valence-electron chi connectivity index (χ2n) is 9.23. The first-order valence-corrected chi connectivity index (χ1v) is 12.9. The van der Waals surface area contributed by atoms with Gasteiger partial charge in [-0.1, -0.05) is 6.42 Å². The number of benzene rings is 1. The van der Waals surface area contributed by atoms with Crippen molar-refractivity contribution in [2.75, 3.05) is 58.4 Å². The summed E-state index contributed by atoms with van der Waals surface area (Å²) in [7, 11) is 3.16. The lowest BCUT2D eigenvalue weighted by Gasteiger charge is -2.43. The summed E-state index contributed by atoms with van der Waals surface area (Å²) < 4.78 is 11.4. The molecule has 3 heterocycles. The lowest BCUT2D eigenvalue weighted by molar-refractivity contribution is 0.0761. The predicted molar refractivity (Wildman–Crippen MR) is 134 cm³/mol. The summed E-state index contributed by atoms with van der Waals surface area (Å²) in [5.41, 5.74) is 2.77. The van der Waals surface area contributed by atoms with Gasteiger partial charge in [-0.05, 0) is 52.9 Å². The van der Waals surface area contributed by atoms with E-state index in [0.29, 0.717) is 34.6 Å². The van der Waals surface area contributed by atoms with Crippen molar-refractivity contribution in [3.05, 3.63) is 39.6 Å². The highest BCUT2D eigenvalue weighted by Crippen LogP contribution is 2.34. The zero-order valence-corrected chi connectivity index (χ0v) is 21.5.